The highest BCUT2D eigenvalue weighted by atomic mass is 16.5. The molecule has 0 unspecified atom stereocenters. The van der Waals surface area contributed by atoms with Crippen molar-refractivity contribution >= 4 is 11.6 Å². The average molecular weight is 373 g/mol. The van der Waals surface area contributed by atoms with E-state index in [0.717, 1.165) is 11.5 Å². The molecule has 2 aromatic carbocycles. The number of carbonyl (C=O) groups excluding carboxylic acids is 1. The van der Waals surface area contributed by atoms with Crippen molar-refractivity contribution in [3.05, 3.63) is 91.0 Å². The van der Waals surface area contributed by atoms with Crippen LogP contribution in [0.2, 0.25) is 0 Å². The minimum atomic E-state index is -0.191. The summed E-state index contributed by atoms with van der Waals surface area (Å²) < 4.78 is 9.48. The van der Waals surface area contributed by atoms with Crippen LogP contribution in [-0.2, 0) is 13.7 Å². The Balaban J connectivity index is 1.44. The SMILES string of the molecule is Cn1ccnc1COc1ccc(C(=O)Nc2ccccc2-n2ccnc2)cc1. The maximum Gasteiger partial charge on any atom is 0.255 e. The van der Waals surface area contributed by atoms with Gasteiger partial charge in [-0.05, 0) is 36.4 Å². The molecule has 2 heterocycles. The molecule has 7 heteroatoms. The predicted molar refractivity (Wildman–Crippen MR) is 105 cm³/mol. The third-order valence-corrected chi connectivity index (χ3v) is 4.34. The lowest BCUT2D eigenvalue weighted by Gasteiger charge is -2.12. The molecule has 7 nitrogen and oxygen atoms in total. The van der Waals surface area contributed by atoms with Crippen LogP contribution in [0.5, 0.6) is 5.75 Å². The first-order valence-corrected chi connectivity index (χ1v) is 8.78. The van der Waals surface area contributed by atoms with E-state index in [0.29, 0.717) is 23.6 Å². The topological polar surface area (TPSA) is 74.0 Å². The van der Waals surface area contributed by atoms with Crippen LogP contribution in [0, 0.1) is 0 Å². The van der Waals surface area contributed by atoms with Gasteiger partial charge < -0.3 is 19.2 Å². The fourth-order valence-electron chi connectivity index (χ4n) is 2.79. The van der Waals surface area contributed by atoms with Crippen molar-refractivity contribution in [1.82, 2.24) is 19.1 Å². The van der Waals surface area contributed by atoms with Crippen LogP contribution in [0.3, 0.4) is 0 Å². The first-order valence-electron chi connectivity index (χ1n) is 8.78. The second kappa shape index (κ2) is 7.79. The van der Waals surface area contributed by atoms with Gasteiger partial charge in [0.15, 0.2) is 0 Å². The molecular weight excluding hydrogens is 354 g/mol. The van der Waals surface area contributed by atoms with Gasteiger partial charge in [0, 0.05) is 37.4 Å². The lowest BCUT2D eigenvalue weighted by atomic mass is 10.2. The molecule has 4 rings (SSSR count). The third-order valence-electron chi connectivity index (χ3n) is 4.34. The summed E-state index contributed by atoms with van der Waals surface area (Å²) in [6.45, 7) is 0.368. The number of amides is 1. The normalized spacial score (nSPS) is 10.6. The van der Waals surface area contributed by atoms with Crippen molar-refractivity contribution in [2.45, 2.75) is 6.61 Å². The Labute approximate surface area is 162 Å². The van der Waals surface area contributed by atoms with Gasteiger partial charge >= 0.3 is 0 Å². The van der Waals surface area contributed by atoms with Crippen molar-refractivity contribution in [2.75, 3.05) is 5.32 Å². The zero-order valence-corrected chi connectivity index (χ0v) is 15.3. The molecule has 28 heavy (non-hydrogen) atoms. The highest BCUT2D eigenvalue weighted by molar-refractivity contribution is 6.05. The lowest BCUT2D eigenvalue weighted by Crippen LogP contribution is -2.13. The maximum absolute atomic E-state index is 12.6. The lowest BCUT2D eigenvalue weighted by molar-refractivity contribution is 0.102. The number of aromatic nitrogens is 4. The molecule has 0 spiro atoms. The van der Waals surface area contributed by atoms with Crippen molar-refractivity contribution in [1.29, 1.82) is 0 Å². The summed E-state index contributed by atoms with van der Waals surface area (Å²) in [6, 6.07) is 14.6. The molecule has 4 aromatic rings. The summed E-state index contributed by atoms with van der Waals surface area (Å²) in [5, 5.41) is 2.95. The first kappa shape index (κ1) is 17.5. The fourth-order valence-corrected chi connectivity index (χ4v) is 2.79. The van der Waals surface area contributed by atoms with Gasteiger partial charge in [0.2, 0.25) is 0 Å². The molecule has 0 aliphatic carbocycles. The molecule has 140 valence electrons. The van der Waals surface area contributed by atoms with Gasteiger partial charge in [-0.15, -0.1) is 0 Å². The number of imidazole rings is 2. The number of aryl methyl sites for hydroxylation is 1. The molecule has 0 saturated heterocycles. The number of hydrogen-bond acceptors (Lipinski definition) is 4. The number of hydrogen-bond donors (Lipinski definition) is 1. The molecule has 0 atom stereocenters. The molecule has 1 N–H and O–H groups in total. The van der Waals surface area contributed by atoms with Gasteiger partial charge in [0.25, 0.3) is 5.91 Å². The summed E-state index contributed by atoms with van der Waals surface area (Å²) in [4.78, 5) is 20.9. The second-order valence-electron chi connectivity index (χ2n) is 6.21. The van der Waals surface area contributed by atoms with E-state index in [4.69, 9.17) is 4.74 Å². The Morgan fingerprint density at radius 2 is 1.89 bits per heavy atom. The van der Waals surface area contributed by atoms with E-state index in [9.17, 15) is 4.79 Å². The van der Waals surface area contributed by atoms with Crippen LogP contribution in [0.25, 0.3) is 5.69 Å². The quantitative estimate of drug-likeness (QED) is 0.562. The third kappa shape index (κ3) is 3.78. The van der Waals surface area contributed by atoms with E-state index in [1.807, 2.05) is 52.8 Å². The van der Waals surface area contributed by atoms with Gasteiger partial charge in [-0.3, -0.25) is 4.79 Å². The minimum absolute atomic E-state index is 0.191. The maximum atomic E-state index is 12.6. The van der Waals surface area contributed by atoms with Crippen LogP contribution >= 0.6 is 0 Å². The molecule has 0 radical (unpaired) electrons. The molecule has 0 fully saturated rings. The number of anilines is 1. The Bertz CT molecular complexity index is 1070. The van der Waals surface area contributed by atoms with Gasteiger partial charge in [0.05, 0.1) is 17.7 Å². The number of nitrogens with zero attached hydrogens (tertiary/aromatic N) is 4. The molecule has 2 aromatic heterocycles. The number of para-hydroxylation sites is 2. The van der Waals surface area contributed by atoms with Gasteiger partial charge in [-0.2, -0.15) is 0 Å². The Morgan fingerprint density at radius 1 is 1.07 bits per heavy atom. The van der Waals surface area contributed by atoms with E-state index < -0.39 is 0 Å². The highest BCUT2D eigenvalue weighted by Gasteiger charge is 2.10. The molecule has 0 aliphatic heterocycles. The summed E-state index contributed by atoms with van der Waals surface area (Å²) in [7, 11) is 1.92. The molecule has 0 saturated carbocycles. The van der Waals surface area contributed by atoms with Crippen LogP contribution in [-0.4, -0.2) is 25.0 Å². The fraction of sp³-hybridized carbons (Fsp3) is 0.0952. The summed E-state index contributed by atoms with van der Waals surface area (Å²) in [6.07, 6.45) is 8.82. The standard InChI is InChI=1S/C21H19N5O2/c1-25-12-11-23-20(25)14-28-17-8-6-16(7-9-17)21(27)24-18-4-2-3-5-19(18)26-13-10-22-15-26/h2-13,15H,14H2,1H3,(H,24,27). The van der Waals surface area contributed by atoms with Crippen LogP contribution < -0.4 is 10.1 Å². The number of benzene rings is 2. The zero-order valence-electron chi connectivity index (χ0n) is 15.3. The molecule has 1 amide bonds. The van der Waals surface area contributed by atoms with E-state index >= 15 is 0 Å². The summed E-state index contributed by atoms with van der Waals surface area (Å²) in [5.41, 5.74) is 2.11. The number of ether oxygens (including phenoxy) is 1. The Kier molecular flexibility index (Phi) is 4.88. The first-order chi connectivity index (χ1) is 13.7. The predicted octanol–water partition coefficient (Wildman–Crippen LogP) is 3.44. The van der Waals surface area contributed by atoms with E-state index in [-0.39, 0.29) is 5.91 Å². The number of rotatable bonds is 6. The molecule has 0 bridgehead atoms. The molecular formula is C21H19N5O2. The Hall–Kier alpha value is -3.87. The van der Waals surface area contributed by atoms with Crippen molar-refractivity contribution in [3.63, 3.8) is 0 Å². The van der Waals surface area contributed by atoms with Crippen molar-refractivity contribution in [2.24, 2.45) is 7.05 Å². The van der Waals surface area contributed by atoms with Crippen LogP contribution in [0.1, 0.15) is 16.2 Å². The van der Waals surface area contributed by atoms with Crippen LogP contribution in [0.15, 0.2) is 79.6 Å². The smallest absolute Gasteiger partial charge is 0.255 e. The zero-order chi connectivity index (χ0) is 19.3. The van der Waals surface area contributed by atoms with Crippen LogP contribution in [0.4, 0.5) is 5.69 Å². The molecule has 0 aliphatic rings. The van der Waals surface area contributed by atoms with E-state index in [1.165, 1.54) is 0 Å². The van der Waals surface area contributed by atoms with Crippen molar-refractivity contribution in [3.8, 4) is 11.4 Å². The van der Waals surface area contributed by atoms with Gasteiger partial charge in [-0.1, -0.05) is 12.1 Å². The van der Waals surface area contributed by atoms with Gasteiger partial charge in [0.1, 0.15) is 18.2 Å². The number of carbonyl (C=O) groups is 1. The minimum Gasteiger partial charge on any atom is -0.486 e. The van der Waals surface area contributed by atoms with E-state index in [2.05, 4.69) is 15.3 Å². The number of nitrogens with one attached hydrogen (secondary N) is 1. The highest BCUT2D eigenvalue weighted by Crippen LogP contribution is 2.21. The monoisotopic (exact) mass is 373 g/mol. The van der Waals surface area contributed by atoms with Gasteiger partial charge in [-0.25, -0.2) is 9.97 Å². The second-order valence-corrected chi connectivity index (χ2v) is 6.21. The largest absolute Gasteiger partial charge is 0.486 e. The summed E-state index contributed by atoms with van der Waals surface area (Å²) >= 11 is 0. The average Bonchev–Trinajstić information content (AvgIpc) is 3.39. The Morgan fingerprint density at radius 3 is 2.61 bits per heavy atom. The summed E-state index contributed by atoms with van der Waals surface area (Å²) in [5.74, 6) is 1.32. The van der Waals surface area contributed by atoms with E-state index in [1.54, 1.807) is 43.0 Å². The van der Waals surface area contributed by atoms with Crippen molar-refractivity contribution < 1.29 is 9.53 Å².